The zero-order valence-electron chi connectivity index (χ0n) is 10.4. The van der Waals surface area contributed by atoms with Crippen LogP contribution in [0.25, 0.3) is 5.70 Å². The van der Waals surface area contributed by atoms with Gasteiger partial charge in [0.25, 0.3) is 0 Å². The fourth-order valence-corrected chi connectivity index (χ4v) is 2.42. The Hall–Kier alpha value is -2.33. The highest BCUT2D eigenvalue weighted by Crippen LogP contribution is 2.35. The Morgan fingerprint density at radius 2 is 2.05 bits per heavy atom. The van der Waals surface area contributed by atoms with Gasteiger partial charge in [0.1, 0.15) is 0 Å². The van der Waals surface area contributed by atoms with Gasteiger partial charge in [-0.3, -0.25) is 4.98 Å². The van der Waals surface area contributed by atoms with Gasteiger partial charge in [-0.25, -0.2) is 0 Å². The second kappa shape index (κ2) is 4.74. The summed E-state index contributed by atoms with van der Waals surface area (Å²) in [5.41, 5.74) is 10.4. The number of pyridine rings is 1. The number of hydrogen-bond acceptors (Lipinski definition) is 4. The van der Waals surface area contributed by atoms with Crippen molar-refractivity contribution in [2.75, 3.05) is 0 Å². The van der Waals surface area contributed by atoms with Crippen molar-refractivity contribution in [3.63, 3.8) is 0 Å². The van der Waals surface area contributed by atoms with E-state index in [0.29, 0.717) is 5.69 Å². The standard InChI is InChI=1S/C15H15N3O/c16-8-14-11-5-1-2-6-12(11)15(18-14)13-7-3-4-10(9-19)17-13/h1-8,15,18-19H,9,16H2/b14-8-. The van der Waals surface area contributed by atoms with Crippen molar-refractivity contribution in [2.45, 2.75) is 12.6 Å². The quantitative estimate of drug-likeness (QED) is 0.759. The molecule has 1 aromatic heterocycles. The van der Waals surface area contributed by atoms with Crippen molar-refractivity contribution in [3.8, 4) is 0 Å². The molecule has 1 aliphatic heterocycles. The Kier molecular flexibility index (Phi) is 2.93. The molecule has 1 atom stereocenters. The van der Waals surface area contributed by atoms with E-state index in [1.165, 1.54) is 0 Å². The number of nitrogens with zero attached hydrogens (tertiary/aromatic N) is 1. The Labute approximate surface area is 111 Å². The lowest BCUT2D eigenvalue weighted by Gasteiger charge is -2.13. The summed E-state index contributed by atoms with van der Waals surface area (Å²) in [7, 11) is 0. The van der Waals surface area contributed by atoms with Gasteiger partial charge in [0.15, 0.2) is 0 Å². The van der Waals surface area contributed by atoms with Crippen LogP contribution in [0.3, 0.4) is 0 Å². The van der Waals surface area contributed by atoms with Crippen LogP contribution in [0.15, 0.2) is 48.7 Å². The monoisotopic (exact) mass is 253 g/mol. The lowest BCUT2D eigenvalue weighted by Crippen LogP contribution is -2.15. The van der Waals surface area contributed by atoms with Crippen LogP contribution < -0.4 is 11.1 Å². The minimum atomic E-state index is -0.0538. The second-order valence-electron chi connectivity index (χ2n) is 4.46. The number of hydrogen-bond donors (Lipinski definition) is 3. The van der Waals surface area contributed by atoms with Gasteiger partial charge in [-0.15, -0.1) is 0 Å². The van der Waals surface area contributed by atoms with Crippen molar-refractivity contribution < 1.29 is 5.11 Å². The Morgan fingerprint density at radius 1 is 1.21 bits per heavy atom. The molecule has 0 aliphatic carbocycles. The van der Waals surface area contributed by atoms with Crippen LogP contribution in [-0.4, -0.2) is 10.1 Å². The zero-order valence-corrected chi connectivity index (χ0v) is 10.4. The zero-order chi connectivity index (χ0) is 13.2. The second-order valence-corrected chi connectivity index (χ2v) is 4.46. The lowest BCUT2D eigenvalue weighted by atomic mass is 10.0. The van der Waals surface area contributed by atoms with Crippen molar-refractivity contribution in [3.05, 3.63) is 71.2 Å². The summed E-state index contributed by atoms with van der Waals surface area (Å²) >= 11 is 0. The van der Waals surface area contributed by atoms with E-state index in [4.69, 9.17) is 5.73 Å². The van der Waals surface area contributed by atoms with Crippen LogP contribution in [0.1, 0.15) is 28.6 Å². The highest BCUT2D eigenvalue weighted by Gasteiger charge is 2.27. The maximum atomic E-state index is 9.18. The molecular weight excluding hydrogens is 238 g/mol. The third-order valence-electron chi connectivity index (χ3n) is 3.31. The van der Waals surface area contributed by atoms with Crippen molar-refractivity contribution >= 4 is 5.70 Å². The normalized spacial score (nSPS) is 19.2. The smallest absolute Gasteiger partial charge is 0.0947 e. The van der Waals surface area contributed by atoms with Crippen LogP contribution in [0.5, 0.6) is 0 Å². The fourth-order valence-electron chi connectivity index (χ4n) is 2.42. The molecule has 4 heteroatoms. The van der Waals surface area contributed by atoms with E-state index in [1.54, 1.807) is 6.20 Å². The van der Waals surface area contributed by atoms with Gasteiger partial charge in [-0.2, -0.15) is 0 Å². The van der Waals surface area contributed by atoms with E-state index in [0.717, 1.165) is 22.5 Å². The molecule has 4 nitrogen and oxygen atoms in total. The SMILES string of the molecule is N/C=C1\NC(c2cccc(CO)n2)c2ccccc21. The molecule has 0 saturated heterocycles. The van der Waals surface area contributed by atoms with Crippen LogP contribution in [0, 0.1) is 0 Å². The van der Waals surface area contributed by atoms with Gasteiger partial charge in [-0.1, -0.05) is 30.3 Å². The summed E-state index contributed by atoms with van der Waals surface area (Å²) in [6.45, 7) is -0.0538. The molecular formula is C15H15N3O. The average molecular weight is 253 g/mol. The summed E-state index contributed by atoms with van der Waals surface area (Å²) in [5.74, 6) is 0. The van der Waals surface area contributed by atoms with Crippen LogP contribution in [-0.2, 0) is 6.61 Å². The van der Waals surface area contributed by atoms with E-state index >= 15 is 0 Å². The number of rotatable bonds is 2. The van der Waals surface area contributed by atoms with E-state index in [-0.39, 0.29) is 12.6 Å². The summed E-state index contributed by atoms with van der Waals surface area (Å²) in [6, 6.07) is 13.7. The molecule has 0 amide bonds. The molecule has 4 N–H and O–H groups in total. The molecule has 0 fully saturated rings. The molecule has 1 aromatic carbocycles. The molecule has 0 bridgehead atoms. The largest absolute Gasteiger partial charge is 0.403 e. The van der Waals surface area contributed by atoms with E-state index in [2.05, 4.69) is 16.4 Å². The van der Waals surface area contributed by atoms with E-state index in [1.807, 2.05) is 36.4 Å². The molecule has 0 radical (unpaired) electrons. The highest BCUT2D eigenvalue weighted by molar-refractivity contribution is 5.72. The van der Waals surface area contributed by atoms with Crippen LogP contribution >= 0.6 is 0 Å². The predicted octanol–water partition coefficient (Wildman–Crippen LogP) is 1.52. The predicted molar refractivity (Wildman–Crippen MR) is 73.7 cm³/mol. The highest BCUT2D eigenvalue weighted by atomic mass is 16.3. The van der Waals surface area contributed by atoms with Gasteiger partial charge in [0.05, 0.1) is 29.7 Å². The number of nitrogens with two attached hydrogens (primary N) is 1. The first-order chi connectivity index (χ1) is 9.33. The van der Waals surface area contributed by atoms with Gasteiger partial charge < -0.3 is 16.2 Å². The molecule has 0 saturated carbocycles. The summed E-state index contributed by atoms with van der Waals surface area (Å²) < 4.78 is 0. The van der Waals surface area contributed by atoms with E-state index in [9.17, 15) is 5.11 Å². The molecule has 1 aliphatic rings. The number of aliphatic hydroxyl groups excluding tert-OH is 1. The van der Waals surface area contributed by atoms with Crippen LogP contribution in [0.2, 0.25) is 0 Å². The molecule has 3 rings (SSSR count). The molecule has 19 heavy (non-hydrogen) atoms. The Bertz CT molecular complexity index is 637. The molecule has 2 aromatic rings. The third-order valence-corrected chi connectivity index (χ3v) is 3.31. The maximum Gasteiger partial charge on any atom is 0.0947 e. The number of benzene rings is 1. The fraction of sp³-hybridized carbons (Fsp3) is 0.133. The van der Waals surface area contributed by atoms with Crippen molar-refractivity contribution in [1.29, 1.82) is 0 Å². The van der Waals surface area contributed by atoms with E-state index < -0.39 is 0 Å². The van der Waals surface area contributed by atoms with Crippen molar-refractivity contribution in [1.82, 2.24) is 10.3 Å². The van der Waals surface area contributed by atoms with Gasteiger partial charge in [-0.05, 0) is 17.7 Å². The topological polar surface area (TPSA) is 71.2 Å². The minimum absolute atomic E-state index is 0.0162. The van der Waals surface area contributed by atoms with Crippen molar-refractivity contribution in [2.24, 2.45) is 5.73 Å². The first-order valence-electron chi connectivity index (χ1n) is 6.18. The van der Waals surface area contributed by atoms with Crippen LogP contribution in [0.4, 0.5) is 0 Å². The first kappa shape index (κ1) is 11.7. The molecule has 96 valence electrons. The minimum Gasteiger partial charge on any atom is -0.403 e. The Balaban J connectivity index is 2.07. The summed E-state index contributed by atoms with van der Waals surface area (Å²) in [4.78, 5) is 4.46. The molecule has 2 heterocycles. The van der Waals surface area contributed by atoms with Gasteiger partial charge in [0.2, 0.25) is 0 Å². The molecule has 1 unspecified atom stereocenters. The first-order valence-corrected chi connectivity index (χ1v) is 6.18. The average Bonchev–Trinajstić information content (AvgIpc) is 2.86. The third kappa shape index (κ3) is 1.96. The Morgan fingerprint density at radius 3 is 2.84 bits per heavy atom. The number of aromatic nitrogens is 1. The summed E-state index contributed by atoms with van der Waals surface area (Å²) in [5, 5.41) is 12.5. The number of aliphatic hydroxyl groups is 1. The molecule has 0 spiro atoms. The lowest BCUT2D eigenvalue weighted by molar-refractivity contribution is 0.276. The van der Waals surface area contributed by atoms with Gasteiger partial charge >= 0.3 is 0 Å². The number of fused-ring (bicyclic) bond motifs is 1. The number of nitrogens with one attached hydrogen (secondary N) is 1. The summed E-state index contributed by atoms with van der Waals surface area (Å²) in [6.07, 6.45) is 1.58. The van der Waals surface area contributed by atoms with Gasteiger partial charge in [0, 0.05) is 11.8 Å². The maximum absolute atomic E-state index is 9.18.